The van der Waals surface area contributed by atoms with Gasteiger partial charge in [0.1, 0.15) is 6.04 Å². The van der Waals surface area contributed by atoms with Crippen molar-refractivity contribution in [3.05, 3.63) is 29.3 Å². The second-order valence-corrected chi connectivity index (χ2v) is 7.23. The molecule has 0 spiro atoms. The molecule has 2 amide bonds. The van der Waals surface area contributed by atoms with Gasteiger partial charge in [-0.15, -0.1) is 0 Å². The monoisotopic (exact) mass is 335 g/mol. The van der Waals surface area contributed by atoms with Crippen LogP contribution >= 0.6 is 11.6 Å². The van der Waals surface area contributed by atoms with Crippen LogP contribution in [0.4, 0.5) is 5.69 Å². The molecule has 6 heteroatoms. The lowest BCUT2D eigenvalue weighted by molar-refractivity contribution is -0.131. The highest BCUT2D eigenvalue weighted by Gasteiger charge is 2.35. The fourth-order valence-electron chi connectivity index (χ4n) is 2.29. The van der Waals surface area contributed by atoms with Crippen molar-refractivity contribution in [2.24, 2.45) is 5.41 Å². The molecule has 1 unspecified atom stereocenters. The molecule has 0 bridgehead atoms. The van der Waals surface area contributed by atoms with Crippen molar-refractivity contribution < 1.29 is 9.59 Å². The van der Waals surface area contributed by atoms with Crippen LogP contribution in [0.5, 0.6) is 0 Å². The van der Waals surface area contributed by atoms with E-state index in [0.29, 0.717) is 17.2 Å². The van der Waals surface area contributed by atoms with Crippen LogP contribution in [0.15, 0.2) is 24.3 Å². The summed E-state index contributed by atoms with van der Waals surface area (Å²) >= 11 is 5.87. The molecule has 2 rings (SSSR count). The van der Waals surface area contributed by atoms with Gasteiger partial charge in [0, 0.05) is 28.4 Å². The predicted molar refractivity (Wildman–Crippen MR) is 92.2 cm³/mol. The zero-order valence-electron chi connectivity index (χ0n) is 13.6. The first-order chi connectivity index (χ1) is 10.7. The molecule has 1 fully saturated rings. The van der Waals surface area contributed by atoms with Gasteiger partial charge in [0.05, 0.1) is 6.42 Å². The molecule has 2 N–H and O–H groups in total. The minimum absolute atomic E-state index is 0.0527. The van der Waals surface area contributed by atoms with E-state index >= 15 is 0 Å². The number of nitrogens with one attached hydrogen (secondary N) is 2. The minimum Gasteiger partial charge on any atom is -0.359 e. The van der Waals surface area contributed by atoms with Crippen molar-refractivity contribution in [1.29, 1.82) is 5.41 Å². The van der Waals surface area contributed by atoms with E-state index in [-0.39, 0.29) is 23.8 Å². The highest BCUT2D eigenvalue weighted by atomic mass is 35.5. The molecule has 0 saturated carbocycles. The van der Waals surface area contributed by atoms with Gasteiger partial charge >= 0.3 is 0 Å². The fraction of sp³-hybridized carbons (Fsp3) is 0.471. The van der Waals surface area contributed by atoms with Crippen LogP contribution in [0.1, 0.15) is 33.6 Å². The Morgan fingerprint density at radius 1 is 1.30 bits per heavy atom. The van der Waals surface area contributed by atoms with E-state index in [1.165, 1.54) is 0 Å². The number of carbonyl (C=O) groups is 2. The second kappa shape index (κ2) is 6.71. The number of amides is 2. The van der Waals surface area contributed by atoms with Crippen LogP contribution in [0, 0.1) is 10.8 Å². The van der Waals surface area contributed by atoms with Crippen molar-refractivity contribution in [3.63, 3.8) is 0 Å². The number of carbonyl (C=O) groups excluding carboxylic acids is 2. The summed E-state index contributed by atoms with van der Waals surface area (Å²) in [5.74, 6) is -0.726. The normalized spacial score (nSPS) is 17.4. The Labute approximate surface area is 141 Å². The summed E-state index contributed by atoms with van der Waals surface area (Å²) in [7, 11) is 0. The molecule has 0 aromatic heterocycles. The molecule has 5 nitrogen and oxygen atoms in total. The zero-order chi connectivity index (χ0) is 17.2. The van der Waals surface area contributed by atoms with Gasteiger partial charge in [-0.3, -0.25) is 14.9 Å². The Hall–Kier alpha value is -1.88. The van der Waals surface area contributed by atoms with Crippen LogP contribution < -0.4 is 10.2 Å². The van der Waals surface area contributed by atoms with Gasteiger partial charge < -0.3 is 10.3 Å². The molecule has 1 heterocycles. The van der Waals surface area contributed by atoms with E-state index in [0.717, 1.165) is 12.2 Å². The van der Waals surface area contributed by atoms with E-state index in [1.807, 2.05) is 37.8 Å². The number of rotatable bonds is 4. The molecule has 1 saturated heterocycles. The van der Waals surface area contributed by atoms with Crippen LogP contribution in [-0.4, -0.2) is 30.1 Å². The molecule has 0 aliphatic carbocycles. The smallest absolute Gasteiger partial charge is 0.249 e. The van der Waals surface area contributed by atoms with Crippen molar-refractivity contribution in [1.82, 2.24) is 5.32 Å². The lowest BCUT2D eigenvalue weighted by Crippen LogP contribution is -2.57. The summed E-state index contributed by atoms with van der Waals surface area (Å²) in [4.78, 5) is 26.1. The Bertz CT molecular complexity index is 620. The van der Waals surface area contributed by atoms with Crippen LogP contribution in [0.25, 0.3) is 0 Å². The summed E-state index contributed by atoms with van der Waals surface area (Å²) < 4.78 is 0. The van der Waals surface area contributed by atoms with E-state index in [2.05, 4.69) is 5.32 Å². The van der Waals surface area contributed by atoms with Crippen molar-refractivity contribution in [3.8, 4) is 0 Å². The average Bonchev–Trinajstić information content (AvgIpc) is 2.38. The fourth-order valence-corrected chi connectivity index (χ4v) is 2.42. The SMILES string of the molecule is CC(C)(C)C(=N)CC(=O)NC(=O)C1CCN1c1ccc(Cl)cc1. The molecule has 1 atom stereocenters. The Balaban J connectivity index is 1.92. The molecule has 0 radical (unpaired) electrons. The molecule has 23 heavy (non-hydrogen) atoms. The number of anilines is 1. The van der Waals surface area contributed by atoms with Crippen LogP contribution in [0.2, 0.25) is 5.02 Å². The molecule has 1 aromatic rings. The summed E-state index contributed by atoms with van der Waals surface area (Å²) in [5.41, 5.74) is 0.855. The van der Waals surface area contributed by atoms with Gasteiger partial charge in [-0.1, -0.05) is 32.4 Å². The lowest BCUT2D eigenvalue weighted by Gasteiger charge is -2.41. The number of hydrogen-bond acceptors (Lipinski definition) is 4. The highest BCUT2D eigenvalue weighted by molar-refractivity contribution is 6.30. The second-order valence-electron chi connectivity index (χ2n) is 6.79. The van der Waals surface area contributed by atoms with E-state index < -0.39 is 5.91 Å². The summed E-state index contributed by atoms with van der Waals surface area (Å²) in [5, 5.41) is 10.9. The molecular formula is C17H22ClN3O2. The number of benzene rings is 1. The third-order valence-corrected chi connectivity index (χ3v) is 4.24. The van der Waals surface area contributed by atoms with Gasteiger partial charge in [0.2, 0.25) is 11.8 Å². The lowest BCUT2D eigenvalue weighted by atomic mass is 9.88. The Kier molecular flexibility index (Phi) is 5.09. The summed E-state index contributed by atoms with van der Waals surface area (Å²) in [6.07, 6.45) is 0.654. The summed E-state index contributed by atoms with van der Waals surface area (Å²) in [6.45, 7) is 6.39. The van der Waals surface area contributed by atoms with Gasteiger partial charge in [-0.2, -0.15) is 0 Å². The number of imide groups is 1. The maximum atomic E-state index is 12.2. The largest absolute Gasteiger partial charge is 0.359 e. The molecule has 1 aliphatic heterocycles. The quantitative estimate of drug-likeness (QED) is 0.831. The first kappa shape index (κ1) is 17.5. The zero-order valence-corrected chi connectivity index (χ0v) is 14.4. The minimum atomic E-state index is -0.419. The van der Waals surface area contributed by atoms with Crippen molar-refractivity contribution >= 4 is 34.8 Å². The number of nitrogens with zero attached hydrogens (tertiary/aromatic N) is 1. The van der Waals surface area contributed by atoms with E-state index in [4.69, 9.17) is 17.0 Å². The molecule has 1 aliphatic rings. The number of hydrogen-bond donors (Lipinski definition) is 2. The standard InChI is InChI=1S/C17H22ClN3O2/c1-17(2,3)14(19)10-15(22)20-16(23)13-8-9-21(13)12-6-4-11(18)5-7-12/h4-7,13,19H,8-10H2,1-3H3,(H,20,22,23). The van der Waals surface area contributed by atoms with Crippen LogP contribution in [0.3, 0.4) is 0 Å². The van der Waals surface area contributed by atoms with Crippen molar-refractivity contribution in [2.45, 2.75) is 39.7 Å². The Morgan fingerprint density at radius 2 is 1.91 bits per heavy atom. The predicted octanol–water partition coefficient (Wildman–Crippen LogP) is 3.02. The molecule has 124 valence electrons. The van der Waals surface area contributed by atoms with Gasteiger partial charge in [-0.25, -0.2) is 0 Å². The third kappa shape index (κ3) is 4.32. The van der Waals surface area contributed by atoms with Gasteiger partial charge in [0.25, 0.3) is 0 Å². The van der Waals surface area contributed by atoms with Crippen LogP contribution in [-0.2, 0) is 9.59 Å². The van der Waals surface area contributed by atoms with E-state index in [1.54, 1.807) is 12.1 Å². The molecule has 1 aromatic carbocycles. The molecular weight excluding hydrogens is 314 g/mol. The topological polar surface area (TPSA) is 73.3 Å². The highest BCUT2D eigenvalue weighted by Crippen LogP contribution is 2.27. The number of halogens is 1. The van der Waals surface area contributed by atoms with Gasteiger partial charge in [0.15, 0.2) is 0 Å². The van der Waals surface area contributed by atoms with E-state index in [9.17, 15) is 9.59 Å². The first-order valence-corrected chi connectivity index (χ1v) is 8.00. The Morgan fingerprint density at radius 3 is 2.39 bits per heavy atom. The maximum absolute atomic E-state index is 12.2. The average molecular weight is 336 g/mol. The summed E-state index contributed by atoms with van der Waals surface area (Å²) in [6, 6.07) is 6.93. The van der Waals surface area contributed by atoms with Gasteiger partial charge in [-0.05, 0) is 30.7 Å². The third-order valence-electron chi connectivity index (χ3n) is 3.99. The maximum Gasteiger partial charge on any atom is 0.249 e. The van der Waals surface area contributed by atoms with Crippen molar-refractivity contribution in [2.75, 3.05) is 11.4 Å². The first-order valence-electron chi connectivity index (χ1n) is 7.62.